The van der Waals surface area contributed by atoms with E-state index in [-0.39, 0.29) is 114 Å². The summed E-state index contributed by atoms with van der Waals surface area (Å²) in [7, 11) is 1.62. The number of fused-ring (bicyclic) bond motifs is 6. The number of unbranched alkanes of at least 4 members (excludes halogenated alkanes) is 3. The average Bonchev–Trinajstić information content (AvgIpc) is 4.04. The van der Waals surface area contributed by atoms with Crippen molar-refractivity contribution < 1.29 is 53.6 Å². The third-order valence-corrected chi connectivity index (χ3v) is 21.0. The fourth-order valence-corrected chi connectivity index (χ4v) is 16.0. The maximum absolute atomic E-state index is 13.7. The molecule has 1 aromatic heterocycles. The highest BCUT2D eigenvalue weighted by Gasteiger charge is 2.63. The maximum atomic E-state index is 13.7. The number of carbonyl (C=O) groups excluding carboxylic acids is 6. The Bertz CT molecular complexity index is 2780. The number of Topliss-reactive ketones (excluding diaryl/α,β-unsaturated/α-hetero) is 2. The summed E-state index contributed by atoms with van der Waals surface area (Å²) in [6.45, 7) is 16.2. The van der Waals surface area contributed by atoms with E-state index in [1.54, 1.807) is 59.9 Å². The number of carboxylic acid groups (broad SMARTS) is 1. The topological polar surface area (TPSA) is 257 Å². The fourth-order valence-electron chi connectivity index (χ4n) is 15.2. The molecule has 0 bridgehead atoms. The van der Waals surface area contributed by atoms with Crippen LogP contribution in [0.3, 0.4) is 0 Å². The monoisotopic (exact) mass is 1120 g/mol. The lowest BCUT2D eigenvalue weighted by molar-refractivity contribution is -0.175. The zero-order valence-corrected chi connectivity index (χ0v) is 49.6. The number of benzene rings is 1. The fraction of sp³-hybridized carbons (Fsp3) is 0.694. The highest BCUT2D eigenvalue weighted by molar-refractivity contribution is 7.19. The Morgan fingerprint density at radius 3 is 2.34 bits per heavy atom. The molecule has 80 heavy (non-hydrogen) atoms. The van der Waals surface area contributed by atoms with Gasteiger partial charge in [-0.2, -0.15) is 5.26 Å². The van der Waals surface area contributed by atoms with Crippen molar-refractivity contribution in [1.82, 2.24) is 25.4 Å². The van der Waals surface area contributed by atoms with Gasteiger partial charge in [-0.05, 0) is 169 Å². The molecule has 1 heterocycles. The molecule has 4 saturated carbocycles. The number of aromatic nitrogens is 1. The van der Waals surface area contributed by atoms with Gasteiger partial charge < -0.3 is 40.5 Å². The van der Waals surface area contributed by atoms with Gasteiger partial charge in [-0.1, -0.05) is 41.0 Å². The molecule has 0 radical (unpaired) electrons. The van der Waals surface area contributed by atoms with Crippen molar-refractivity contribution in [3.8, 4) is 11.8 Å². The van der Waals surface area contributed by atoms with Crippen LogP contribution >= 0.6 is 11.3 Å². The van der Waals surface area contributed by atoms with Gasteiger partial charge in [0.2, 0.25) is 17.7 Å². The van der Waals surface area contributed by atoms with Crippen molar-refractivity contribution in [3.63, 3.8) is 0 Å². The zero-order valence-electron chi connectivity index (χ0n) is 48.8. The number of carboxylic acids is 1. The number of aliphatic hydroxyl groups excluding tert-OH is 2. The summed E-state index contributed by atoms with van der Waals surface area (Å²) in [6, 6.07) is 5.91. The quantitative estimate of drug-likeness (QED) is 0.0485. The van der Waals surface area contributed by atoms with Gasteiger partial charge in [0.15, 0.2) is 16.6 Å². The first-order chi connectivity index (χ1) is 37.8. The van der Waals surface area contributed by atoms with Gasteiger partial charge in [-0.3, -0.25) is 24.0 Å². The molecule has 0 saturated heterocycles. The number of hydrogen-bond donors (Lipinski definition) is 5. The minimum atomic E-state index is -1.10. The molecular formula is C62H88N6O11S. The van der Waals surface area contributed by atoms with Crippen molar-refractivity contribution >= 4 is 62.9 Å². The summed E-state index contributed by atoms with van der Waals surface area (Å²) >= 11 is 1.18. The molecule has 5 aliphatic carbocycles. The second kappa shape index (κ2) is 26.2. The van der Waals surface area contributed by atoms with Crippen LogP contribution in [-0.2, 0) is 28.8 Å². The van der Waals surface area contributed by atoms with Crippen molar-refractivity contribution in [1.29, 1.82) is 5.26 Å². The first kappa shape index (κ1) is 62.1. The number of allylic oxidation sites excluding steroid dienone is 4. The lowest BCUT2D eigenvalue weighted by Gasteiger charge is -2.62. The number of likely N-dealkylation sites (N-methyl/N-ethyl adjacent to an activating group) is 1. The molecule has 438 valence electrons. The van der Waals surface area contributed by atoms with Crippen LogP contribution in [0.4, 0.5) is 4.79 Å². The number of nitrogens with one attached hydrogen (secondary N) is 2. The minimum absolute atomic E-state index is 0.0430. The number of hydrogen-bond acceptors (Lipinski definition) is 13. The number of aliphatic carboxylic acids is 1. The van der Waals surface area contributed by atoms with Crippen molar-refractivity contribution in [3.05, 3.63) is 45.5 Å². The number of rotatable bonds is 24. The maximum Gasteiger partial charge on any atom is 0.415 e. The van der Waals surface area contributed by atoms with E-state index >= 15 is 0 Å². The molecule has 18 heteroatoms. The molecule has 2 aromatic rings. The molecule has 1 aromatic carbocycles. The molecule has 5 N–H and O–H groups in total. The summed E-state index contributed by atoms with van der Waals surface area (Å²) in [5.41, 5.74) is 1.06. The number of ether oxygens (including phenoxy) is 1. The Hall–Kier alpha value is -5.51. The van der Waals surface area contributed by atoms with Crippen molar-refractivity contribution in [2.24, 2.45) is 51.8 Å². The third kappa shape index (κ3) is 13.7. The van der Waals surface area contributed by atoms with Gasteiger partial charge in [-0.15, -0.1) is 11.3 Å². The average molecular weight is 1130 g/mol. The first-order valence-electron chi connectivity index (χ1n) is 29.4. The van der Waals surface area contributed by atoms with Gasteiger partial charge in [0.1, 0.15) is 17.9 Å². The molecule has 0 spiro atoms. The number of nitriles is 1. The smallest absolute Gasteiger partial charge is 0.415 e. The van der Waals surface area contributed by atoms with Crippen LogP contribution in [-0.4, -0.2) is 123 Å². The summed E-state index contributed by atoms with van der Waals surface area (Å²) in [5.74, 6) is 0.482. The summed E-state index contributed by atoms with van der Waals surface area (Å²) in [6.07, 6.45) is 10.7. The van der Waals surface area contributed by atoms with Crippen LogP contribution in [0, 0.1) is 63.1 Å². The second-order valence-electron chi connectivity index (χ2n) is 25.4. The van der Waals surface area contributed by atoms with E-state index in [1.165, 1.54) is 21.1 Å². The van der Waals surface area contributed by atoms with Crippen LogP contribution in [0.2, 0.25) is 0 Å². The number of nitrogens with zero attached hydrogens (tertiary/aromatic N) is 4. The second-order valence-corrected chi connectivity index (χ2v) is 26.4. The van der Waals surface area contributed by atoms with Gasteiger partial charge in [0.05, 0.1) is 22.4 Å². The van der Waals surface area contributed by atoms with Gasteiger partial charge in [-0.25, -0.2) is 14.6 Å². The molecule has 5 aliphatic rings. The normalized spacial score (nSPS) is 27.4. The van der Waals surface area contributed by atoms with E-state index in [4.69, 9.17) is 4.74 Å². The molecule has 7 rings (SSSR count). The van der Waals surface area contributed by atoms with Gasteiger partial charge in [0, 0.05) is 86.3 Å². The first-order valence-corrected chi connectivity index (χ1v) is 30.3. The molecule has 11 atom stereocenters. The summed E-state index contributed by atoms with van der Waals surface area (Å²) in [4.78, 5) is 99.3. The van der Waals surface area contributed by atoms with Crippen LogP contribution in [0.5, 0.6) is 5.75 Å². The van der Waals surface area contributed by atoms with E-state index in [0.29, 0.717) is 101 Å². The summed E-state index contributed by atoms with van der Waals surface area (Å²) in [5, 5.41) is 47.7. The predicted octanol–water partition coefficient (Wildman–Crippen LogP) is 9.47. The molecule has 0 aliphatic heterocycles. The summed E-state index contributed by atoms with van der Waals surface area (Å²) < 4.78 is 6.47. The van der Waals surface area contributed by atoms with E-state index in [1.807, 2.05) is 6.07 Å². The Morgan fingerprint density at radius 1 is 0.875 bits per heavy atom. The number of amides is 4. The SMILES string of the molecule is CC1=C(C)C(=O)C(C(C)(C)CC(=O)N(C)CCN(CCCCCC(=O)NCCCCC(NC(=O)CCC(C)[C@H]2CC[C@H]3[C@@H]4CC[C@@H]5C[C@H](O)CC[C@]5(C)[C@H]4C[C@H](O)[C@]23C)C(=O)O)C(=O)Oc2ccc3nc(C#N)sc3c2)=C(C)C1=O. The predicted molar refractivity (Wildman–Crippen MR) is 305 cm³/mol. The number of ketones is 2. The number of thiazole rings is 1. The van der Waals surface area contributed by atoms with Crippen LogP contribution < -0.4 is 15.4 Å². The molecule has 17 nitrogen and oxygen atoms in total. The molecule has 4 amide bonds. The van der Waals surface area contributed by atoms with Crippen LogP contribution in [0.15, 0.2) is 40.5 Å². The standard InChI is InChI=1S/C62H88N6O11S/c1-36(44-21-22-45-43-20-18-40-31-41(69)25-26-61(40,7)46(43)33-50(70)62(44,45)8)17-24-52(72)65-48(58(76)77)15-12-13-27-64-51(71)16-11-10-14-28-68(59(78)79-42-19-23-47-49(32-42)80-53(35-63)66-47)30-29-67(9)54(73)34-60(5,6)55-39(4)56(74)37(2)38(3)57(55)75/h19,23,32,36,40-41,43-46,48,50,69-70H,10-18,20-22,24-31,33-34H2,1-9H3,(H,64,71)(H,65,72)(H,76,77)/t36?,40-,41-,43+,44-,45+,46+,48?,50+,61+,62-/m1/s1. The Labute approximate surface area is 476 Å². The van der Waals surface area contributed by atoms with Crippen LogP contribution in [0.1, 0.15) is 176 Å². The van der Waals surface area contributed by atoms with E-state index < -0.39 is 29.6 Å². The van der Waals surface area contributed by atoms with E-state index in [2.05, 4.69) is 36.4 Å². The van der Waals surface area contributed by atoms with Gasteiger partial charge >= 0.3 is 12.1 Å². The lowest BCUT2D eigenvalue weighted by atomic mass is 9.43. The van der Waals surface area contributed by atoms with Gasteiger partial charge in [0.25, 0.3) is 0 Å². The number of aliphatic hydroxyl groups is 2. The highest BCUT2D eigenvalue weighted by Crippen LogP contribution is 2.68. The van der Waals surface area contributed by atoms with Crippen molar-refractivity contribution in [2.75, 3.05) is 33.2 Å². The lowest BCUT2D eigenvalue weighted by Crippen LogP contribution is -2.58. The molecule has 4 fully saturated rings. The Morgan fingerprint density at radius 2 is 1.61 bits per heavy atom. The van der Waals surface area contributed by atoms with E-state index in [9.17, 15) is 54.1 Å². The zero-order chi connectivity index (χ0) is 58.4. The molecular weight excluding hydrogens is 1040 g/mol. The minimum Gasteiger partial charge on any atom is -0.480 e. The third-order valence-electron chi connectivity index (χ3n) is 20.0. The van der Waals surface area contributed by atoms with E-state index in [0.717, 1.165) is 51.4 Å². The number of carbonyl (C=O) groups is 7. The Balaban J connectivity index is 0.819. The van der Waals surface area contributed by atoms with Crippen molar-refractivity contribution in [2.45, 2.75) is 189 Å². The van der Waals surface area contributed by atoms with Crippen LogP contribution in [0.25, 0.3) is 10.2 Å². The Kier molecular flexibility index (Phi) is 20.3. The largest absolute Gasteiger partial charge is 0.480 e. The highest BCUT2D eigenvalue weighted by atomic mass is 32.1. The molecule has 2 unspecified atom stereocenters.